The van der Waals surface area contributed by atoms with Crippen LogP contribution in [-0.2, 0) is 22.3 Å². The van der Waals surface area contributed by atoms with E-state index in [0.717, 1.165) is 35.0 Å². The molecule has 1 aromatic heterocycles. The van der Waals surface area contributed by atoms with E-state index in [4.69, 9.17) is 9.47 Å². The highest BCUT2D eigenvalue weighted by molar-refractivity contribution is 5.98. The summed E-state index contributed by atoms with van der Waals surface area (Å²) in [5.41, 5.74) is 3.50. The Kier molecular flexibility index (Phi) is 7.10. The summed E-state index contributed by atoms with van der Waals surface area (Å²) in [4.78, 5) is 28.9. The molecule has 1 unspecified atom stereocenters. The van der Waals surface area contributed by atoms with Gasteiger partial charge in [0.25, 0.3) is 0 Å². The van der Waals surface area contributed by atoms with Gasteiger partial charge in [0.2, 0.25) is 0 Å². The maximum absolute atomic E-state index is 12.3. The van der Waals surface area contributed by atoms with E-state index < -0.39 is 0 Å². The zero-order chi connectivity index (χ0) is 18.7. The van der Waals surface area contributed by atoms with Gasteiger partial charge >= 0.3 is 12.1 Å². The van der Waals surface area contributed by atoms with Crippen molar-refractivity contribution in [3.8, 4) is 0 Å². The maximum atomic E-state index is 12.3. The Labute approximate surface area is 164 Å². The molecule has 7 nitrogen and oxygen atoms in total. The van der Waals surface area contributed by atoms with E-state index in [-0.39, 0.29) is 30.5 Å². The van der Waals surface area contributed by atoms with Crippen molar-refractivity contribution < 1.29 is 19.1 Å². The summed E-state index contributed by atoms with van der Waals surface area (Å²) >= 11 is 0. The van der Waals surface area contributed by atoms with Gasteiger partial charge in [-0.15, -0.1) is 12.4 Å². The summed E-state index contributed by atoms with van der Waals surface area (Å²) in [6.45, 7) is 3.35. The average Bonchev–Trinajstić information content (AvgIpc) is 3.16. The topological polar surface area (TPSA) is 83.7 Å². The normalized spacial score (nSPS) is 16.1. The van der Waals surface area contributed by atoms with Gasteiger partial charge in [-0.3, -0.25) is 0 Å². The van der Waals surface area contributed by atoms with Gasteiger partial charge in [0.15, 0.2) is 0 Å². The second kappa shape index (κ2) is 9.10. The van der Waals surface area contributed by atoms with Crippen LogP contribution in [0.1, 0.15) is 28.5 Å². The number of ether oxygens (including phenoxy) is 2. The van der Waals surface area contributed by atoms with Crippen LogP contribution in [0.5, 0.6) is 0 Å². The SMILES string of the molecule is CCOC(=O)c1[nH]c2ccc(CC3COC(=O)N3)cc2c1CCN(C)C.Cl. The molecule has 2 heterocycles. The Balaban J connectivity index is 0.00000261. The molecule has 1 aromatic carbocycles. The Morgan fingerprint density at radius 3 is 2.78 bits per heavy atom. The van der Waals surface area contributed by atoms with Gasteiger partial charge in [-0.25, -0.2) is 9.59 Å². The standard InChI is InChI=1S/C19H25N3O4.ClH/c1-4-25-18(23)17-14(7-8-22(2)3)15-10-12(5-6-16(15)21-17)9-13-11-26-19(24)20-13;/h5-6,10,13,21H,4,7-9,11H2,1-3H3,(H,20,24);1H. The average molecular weight is 396 g/mol. The summed E-state index contributed by atoms with van der Waals surface area (Å²) in [5, 5.41) is 3.82. The largest absolute Gasteiger partial charge is 0.461 e. The van der Waals surface area contributed by atoms with E-state index in [1.165, 1.54) is 0 Å². The molecule has 0 bridgehead atoms. The molecular weight excluding hydrogens is 370 g/mol. The highest BCUT2D eigenvalue weighted by atomic mass is 35.5. The quantitative estimate of drug-likeness (QED) is 0.704. The smallest absolute Gasteiger partial charge is 0.407 e. The van der Waals surface area contributed by atoms with Crippen LogP contribution >= 0.6 is 12.4 Å². The highest BCUT2D eigenvalue weighted by Gasteiger charge is 2.23. The van der Waals surface area contributed by atoms with Crippen LogP contribution < -0.4 is 5.32 Å². The van der Waals surface area contributed by atoms with Crippen molar-refractivity contribution in [2.75, 3.05) is 33.9 Å². The number of carbonyl (C=O) groups excluding carboxylic acids is 2. The number of likely N-dealkylation sites (N-methyl/N-ethyl adjacent to an activating group) is 1. The molecule has 27 heavy (non-hydrogen) atoms. The molecular formula is C19H26ClN3O4. The van der Waals surface area contributed by atoms with E-state index >= 15 is 0 Å². The van der Waals surface area contributed by atoms with Gasteiger partial charge in [-0.05, 0) is 57.1 Å². The first-order valence-corrected chi connectivity index (χ1v) is 8.86. The number of cyclic esters (lactones) is 1. The van der Waals surface area contributed by atoms with Crippen molar-refractivity contribution in [2.24, 2.45) is 0 Å². The Morgan fingerprint density at radius 1 is 1.37 bits per heavy atom. The summed E-state index contributed by atoms with van der Waals surface area (Å²) < 4.78 is 10.2. The minimum Gasteiger partial charge on any atom is -0.461 e. The zero-order valence-electron chi connectivity index (χ0n) is 15.8. The first-order chi connectivity index (χ1) is 12.5. The fourth-order valence-corrected chi connectivity index (χ4v) is 3.22. The molecule has 1 atom stereocenters. The fourth-order valence-electron chi connectivity index (χ4n) is 3.22. The number of hydrogen-bond acceptors (Lipinski definition) is 5. The van der Waals surface area contributed by atoms with Crippen LogP contribution in [0.15, 0.2) is 18.2 Å². The molecule has 0 aliphatic carbocycles. The predicted octanol–water partition coefficient (Wildman–Crippen LogP) is 2.52. The summed E-state index contributed by atoms with van der Waals surface area (Å²) in [6.07, 6.45) is 1.07. The van der Waals surface area contributed by atoms with E-state index in [1.54, 1.807) is 6.92 Å². The Hall–Kier alpha value is -2.25. The Morgan fingerprint density at radius 2 is 2.15 bits per heavy atom. The van der Waals surface area contributed by atoms with Crippen LogP contribution in [-0.4, -0.2) is 61.8 Å². The lowest BCUT2D eigenvalue weighted by molar-refractivity contribution is 0.0519. The Bertz CT molecular complexity index is 819. The summed E-state index contributed by atoms with van der Waals surface area (Å²) in [6, 6.07) is 6.05. The van der Waals surface area contributed by atoms with Gasteiger partial charge in [-0.1, -0.05) is 6.07 Å². The third-order valence-electron chi connectivity index (χ3n) is 4.48. The van der Waals surface area contributed by atoms with Gasteiger partial charge < -0.3 is 24.7 Å². The molecule has 8 heteroatoms. The molecule has 148 valence electrons. The van der Waals surface area contributed by atoms with Crippen molar-refractivity contribution in [1.82, 2.24) is 15.2 Å². The number of aromatic nitrogens is 1. The molecule has 1 saturated heterocycles. The number of fused-ring (bicyclic) bond motifs is 1. The van der Waals surface area contributed by atoms with Crippen LogP contribution in [0, 0.1) is 0 Å². The third-order valence-corrected chi connectivity index (χ3v) is 4.48. The maximum Gasteiger partial charge on any atom is 0.407 e. The van der Waals surface area contributed by atoms with Crippen molar-refractivity contribution in [1.29, 1.82) is 0 Å². The van der Waals surface area contributed by atoms with Crippen molar-refractivity contribution in [2.45, 2.75) is 25.8 Å². The molecule has 3 rings (SSSR count). The minimum absolute atomic E-state index is 0. The number of hydrogen-bond donors (Lipinski definition) is 2. The molecule has 0 spiro atoms. The second-order valence-corrected chi connectivity index (χ2v) is 6.78. The van der Waals surface area contributed by atoms with Crippen LogP contribution in [0.4, 0.5) is 4.79 Å². The number of H-pyrrole nitrogens is 1. The number of esters is 1. The van der Waals surface area contributed by atoms with Crippen molar-refractivity contribution in [3.63, 3.8) is 0 Å². The van der Waals surface area contributed by atoms with Crippen LogP contribution in [0.25, 0.3) is 10.9 Å². The van der Waals surface area contributed by atoms with Gasteiger partial charge in [-0.2, -0.15) is 0 Å². The van der Waals surface area contributed by atoms with Crippen LogP contribution in [0.3, 0.4) is 0 Å². The van der Waals surface area contributed by atoms with E-state index in [0.29, 0.717) is 25.3 Å². The third kappa shape index (κ3) is 4.93. The van der Waals surface area contributed by atoms with E-state index in [9.17, 15) is 9.59 Å². The van der Waals surface area contributed by atoms with Crippen LogP contribution in [0.2, 0.25) is 0 Å². The van der Waals surface area contributed by atoms with Crippen molar-refractivity contribution in [3.05, 3.63) is 35.0 Å². The van der Waals surface area contributed by atoms with E-state index in [1.807, 2.05) is 26.2 Å². The summed E-state index contributed by atoms with van der Waals surface area (Å²) in [5.74, 6) is -0.324. The lowest BCUT2D eigenvalue weighted by Gasteiger charge is -2.11. The molecule has 1 aliphatic rings. The lowest BCUT2D eigenvalue weighted by atomic mass is 10.0. The number of rotatable bonds is 7. The van der Waals surface area contributed by atoms with Gasteiger partial charge in [0.1, 0.15) is 12.3 Å². The first kappa shape index (κ1) is 21.1. The number of amides is 1. The molecule has 0 radical (unpaired) electrons. The number of halogens is 1. The summed E-state index contributed by atoms with van der Waals surface area (Å²) in [7, 11) is 4.01. The molecule has 2 aromatic rings. The molecule has 1 aliphatic heterocycles. The minimum atomic E-state index is -0.367. The van der Waals surface area contributed by atoms with Crippen molar-refractivity contribution >= 4 is 35.4 Å². The van der Waals surface area contributed by atoms with E-state index in [2.05, 4.69) is 21.3 Å². The van der Waals surface area contributed by atoms with Gasteiger partial charge in [0, 0.05) is 17.4 Å². The first-order valence-electron chi connectivity index (χ1n) is 8.86. The second-order valence-electron chi connectivity index (χ2n) is 6.78. The number of alkyl carbamates (subject to hydrolysis) is 1. The molecule has 1 fully saturated rings. The lowest BCUT2D eigenvalue weighted by Crippen LogP contribution is -2.28. The monoisotopic (exact) mass is 395 g/mol. The number of benzene rings is 1. The molecule has 0 saturated carbocycles. The number of nitrogens with one attached hydrogen (secondary N) is 2. The molecule has 1 amide bonds. The molecule has 2 N–H and O–H groups in total. The number of carbonyl (C=O) groups is 2. The number of nitrogens with zero attached hydrogens (tertiary/aromatic N) is 1. The fraction of sp³-hybridized carbons (Fsp3) is 0.474. The number of aromatic amines is 1. The zero-order valence-corrected chi connectivity index (χ0v) is 16.6. The predicted molar refractivity (Wildman–Crippen MR) is 106 cm³/mol. The highest BCUT2D eigenvalue weighted by Crippen LogP contribution is 2.26. The van der Waals surface area contributed by atoms with Gasteiger partial charge in [0.05, 0.1) is 12.6 Å².